The van der Waals surface area contributed by atoms with Gasteiger partial charge in [0.2, 0.25) is 0 Å². The predicted molar refractivity (Wildman–Crippen MR) is 101 cm³/mol. The van der Waals surface area contributed by atoms with E-state index in [1.54, 1.807) is 16.8 Å². The molecule has 1 heterocycles. The Balaban J connectivity index is 1.45. The first-order chi connectivity index (χ1) is 12.7. The Morgan fingerprint density at radius 3 is 2.38 bits per heavy atom. The highest BCUT2D eigenvalue weighted by Crippen LogP contribution is 2.40. The molecule has 1 aliphatic rings. The minimum atomic E-state index is -0.129. The second-order valence-corrected chi connectivity index (χ2v) is 6.70. The lowest BCUT2D eigenvalue weighted by Crippen LogP contribution is -2.29. The highest BCUT2D eigenvalue weighted by atomic mass is 16.2. The van der Waals surface area contributed by atoms with Crippen LogP contribution in [0.1, 0.15) is 33.8 Å². The highest BCUT2D eigenvalue weighted by molar-refractivity contribution is 5.94. The van der Waals surface area contributed by atoms with Gasteiger partial charge < -0.3 is 9.88 Å². The van der Waals surface area contributed by atoms with Crippen LogP contribution in [-0.2, 0) is 6.54 Å². The smallest absolute Gasteiger partial charge is 0.253 e. The normalized spacial score (nSPS) is 18.3. The summed E-state index contributed by atoms with van der Waals surface area (Å²) in [4.78, 5) is 24.7. The molecule has 2 aromatic carbocycles. The van der Waals surface area contributed by atoms with Crippen LogP contribution in [0.15, 0.2) is 83.8 Å². The van der Waals surface area contributed by atoms with Gasteiger partial charge in [-0.1, -0.05) is 60.7 Å². The average Bonchev–Trinajstić information content (AvgIpc) is 3.44. The lowest BCUT2D eigenvalue weighted by atomic mass is 10.1. The largest absolute Gasteiger partial charge is 0.349 e. The van der Waals surface area contributed by atoms with Crippen molar-refractivity contribution < 1.29 is 4.79 Å². The second-order valence-electron chi connectivity index (χ2n) is 6.70. The molecule has 1 fully saturated rings. The fourth-order valence-corrected chi connectivity index (χ4v) is 3.24. The Morgan fingerprint density at radius 2 is 1.65 bits per heavy atom. The number of carbonyl (C=O) groups excluding carboxylic acids is 1. The van der Waals surface area contributed by atoms with Crippen LogP contribution in [0.3, 0.4) is 0 Å². The van der Waals surface area contributed by atoms with Crippen LogP contribution in [0, 0.1) is 0 Å². The number of nitrogens with zero attached hydrogens (tertiary/aromatic N) is 1. The summed E-state index contributed by atoms with van der Waals surface area (Å²) in [6.45, 7) is 0.455. The van der Waals surface area contributed by atoms with Crippen LogP contribution in [0.5, 0.6) is 0 Å². The van der Waals surface area contributed by atoms with Crippen LogP contribution in [0.4, 0.5) is 0 Å². The van der Waals surface area contributed by atoms with Gasteiger partial charge in [-0.3, -0.25) is 9.59 Å². The van der Waals surface area contributed by atoms with Crippen LogP contribution in [-0.4, -0.2) is 16.5 Å². The highest BCUT2D eigenvalue weighted by Gasteiger charge is 2.39. The molecule has 0 saturated heterocycles. The van der Waals surface area contributed by atoms with E-state index in [4.69, 9.17) is 0 Å². The van der Waals surface area contributed by atoms with Crippen molar-refractivity contribution in [1.82, 2.24) is 9.88 Å². The summed E-state index contributed by atoms with van der Waals surface area (Å²) in [5.41, 5.74) is 2.68. The predicted octanol–water partition coefficient (Wildman–Crippen LogP) is 3.18. The molecule has 1 saturated carbocycles. The summed E-state index contributed by atoms with van der Waals surface area (Å²) in [5, 5.41) is 3.07. The molecule has 4 nitrogen and oxygen atoms in total. The number of carbonyl (C=O) groups is 1. The maximum Gasteiger partial charge on any atom is 0.253 e. The van der Waals surface area contributed by atoms with Gasteiger partial charge in [0.1, 0.15) is 0 Å². The minimum Gasteiger partial charge on any atom is -0.349 e. The molecule has 4 rings (SSSR count). The third kappa shape index (κ3) is 3.59. The molecule has 130 valence electrons. The topological polar surface area (TPSA) is 51.1 Å². The lowest BCUT2D eigenvalue weighted by molar-refractivity contribution is 0.0949. The summed E-state index contributed by atoms with van der Waals surface area (Å²) in [7, 11) is 0. The molecular formula is C22H20N2O2. The van der Waals surface area contributed by atoms with Crippen molar-refractivity contribution in [1.29, 1.82) is 0 Å². The summed E-state index contributed by atoms with van der Waals surface area (Å²) in [6.07, 6.45) is 2.60. The molecule has 26 heavy (non-hydrogen) atoms. The Hall–Kier alpha value is -3.14. The molecule has 2 atom stereocenters. The Labute approximate surface area is 152 Å². The number of aromatic nitrogens is 1. The first-order valence-electron chi connectivity index (χ1n) is 8.81. The molecule has 1 N–H and O–H groups in total. The van der Waals surface area contributed by atoms with Gasteiger partial charge in [0.05, 0.1) is 12.1 Å². The van der Waals surface area contributed by atoms with Crippen molar-refractivity contribution in [3.05, 3.63) is 106 Å². The van der Waals surface area contributed by atoms with E-state index in [1.807, 2.05) is 48.5 Å². The summed E-state index contributed by atoms with van der Waals surface area (Å²) >= 11 is 0. The SMILES string of the molecule is O=C(N[C@@H]1C[C@H]1c1ccccc1)c1ccc(=O)n(Cc2ccccc2)c1. The van der Waals surface area contributed by atoms with Crippen LogP contribution in [0.2, 0.25) is 0 Å². The summed E-state index contributed by atoms with van der Waals surface area (Å²) in [5.74, 6) is 0.255. The zero-order chi connectivity index (χ0) is 17.9. The van der Waals surface area contributed by atoms with Crippen LogP contribution < -0.4 is 10.9 Å². The maximum absolute atomic E-state index is 12.6. The molecule has 4 heteroatoms. The van der Waals surface area contributed by atoms with Gasteiger partial charge in [0.15, 0.2) is 0 Å². The fraction of sp³-hybridized carbons (Fsp3) is 0.182. The molecule has 1 amide bonds. The Bertz CT molecular complexity index is 964. The van der Waals surface area contributed by atoms with Gasteiger partial charge in [0.25, 0.3) is 11.5 Å². The molecule has 0 spiro atoms. The van der Waals surface area contributed by atoms with Gasteiger partial charge in [-0.15, -0.1) is 0 Å². The van der Waals surface area contributed by atoms with E-state index in [9.17, 15) is 9.59 Å². The van der Waals surface area contributed by atoms with Crippen LogP contribution >= 0.6 is 0 Å². The van der Waals surface area contributed by atoms with Crippen molar-refractivity contribution in [2.24, 2.45) is 0 Å². The van der Waals surface area contributed by atoms with Crippen molar-refractivity contribution in [2.75, 3.05) is 0 Å². The van der Waals surface area contributed by atoms with E-state index < -0.39 is 0 Å². The Kier molecular flexibility index (Phi) is 4.40. The molecule has 0 radical (unpaired) electrons. The zero-order valence-corrected chi connectivity index (χ0v) is 14.3. The number of hydrogen-bond donors (Lipinski definition) is 1. The van der Waals surface area contributed by atoms with Crippen molar-refractivity contribution >= 4 is 5.91 Å². The summed E-state index contributed by atoms with van der Waals surface area (Å²) < 4.78 is 1.58. The van der Waals surface area contributed by atoms with Gasteiger partial charge in [-0.25, -0.2) is 0 Å². The molecule has 3 aromatic rings. The number of amides is 1. The molecule has 1 aromatic heterocycles. The van der Waals surface area contributed by atoms with E-state index in [-0.39, 0.29) is 17.5 Å². The van der Waals surface area contributed by atoms with Crippen molar-refractivity contribution in [2.45, 2.75) is 24.9 Å². The zero-order valence-electron chi connectivity index (χ0n) is 14.3. The first-order valence-corrected chi connectivity index (χ1v) is 8.81. The molecule has 0 unspecified atom stereocenters. The quantitative estimate of drug-likeness (QED) is 0.773. The van der Waals surface area contributed by atoms with Gasteiger partial charge >= 0.3 is 0 Å². The molecule has 0 aliphatic heterocycles. The Morgan fingerprint density at radius 1 is 0.962 bits per heavy atom. The van der Waals surface area contributed by atoms with E-state index in [0.29, 0.717) is 18.0 Å². The minimum absolute atomic E-state index is 0.112. The molecule has 0 bridgehead atoms. The third-order valence-electron chi connectivity index (χ3n) is 4.78. The monoisotopic (exact) mass is 344 g/mol. The number of rotatable bonds is 5. The number of nitrogens with one attached hydrogen (secondary N) is 1. The number of benzene rings is 2. The molecule has 1 aliphatic carbocycles. The van der Waals surface area contributed by atoms with Gasteiger partial charge in [0, 0.05) is 24.2 Å². The van der Waals surface area contributed by atoms with E-state index in [0.717, 1.165) is 12.0 Å². The number of hydrogen-bond acceptors (Lipinski definition) is 2. The van der Waals surface area contributed by atoms with E-state index in [2.05, 4.69) is 17.4 Å². The van der Waals surface area contributed by atoms with E-state index >= 15 is 0 Å². The summed E-state index contributed by atoms with van der Waals surface area (Å²) in [6, 6.07) is 23.2. The third-order valence-corrected chi connectivity index (χ3v) is 4.78. The fourth-order valence-electron chi connectivity index (χ4n) is 3.24. The van der Waals surface area contributed by atoms with Crippen LogP contribution in [0.25, 0.3) is 0 Å². The standard InChI is InChI=1S/C22H20N2O2/c25-21-12-11-18(15-24(21)14-16-7-3-1-4-8-16)22(26)23-20-13-19(20)17-9-5-2-6-10-17/h1-12,15,19-20H,13-14H2,(H,23,26)/t19-,20+/m0/s1. The van der Waals surface area contributed by atoms with E-state index in [1.165, 1.54) is 11.6 Å². The maximum atomic E-state index is 12.6. The van der Waals surface area contributed by atoms with Crippen molar-refractivity contribution in [3.63, 3.8) is 0 Å². The first kappa shape index (κ1) is 16.3. The number of pyridine rings is 1. The van der Waals surface area contributed by atoms with Gasteiger partial charge in [-0.05, 0) is 23.6 Å². The van der Waals surface area contributed by atoms with Gasteiger partial charge in [-0.2, -0.15) is 0 Å². The molecular weight excluding hydrogens is 324 g/mol. The van der Waals surface area contributed by atoms with Crippen molar-refractivity contribution in [3.8, 4) is 0 Å². The average molecular weight is 344 g/mol. The second kappa shape index (κ2) is 7.00. The lowest BCUT2D eigenvalue weighted by Gasteiger charge is -2.09.